The summed E-state index contributed by atoms with van der Waals surface area (Å²) in [6.45, 7) is 5.29. The predicted octanol–water partition coefficient (Wildman–Crippen LogP) is 5.19. The smallest absolute Gasteiger partial charge is 0.318 e. The molecule has 1 N–H and O–H groups in total. The van der Waals surface area contributed by atoms with Crippen molar-refractivity contribution in [3.8, 4) is 0 Å². The van der Waals surface area contributed by atoms with Crippen LogP contribution < -0.4 is 9.62 Å². The molecular formula is C25H27N3O3S. The standard InChI is InChI=1S/C25H27N3O3S/c1-19-9-15-24(16-10-19)32(30,31)26-22-11-13-23(14-12-22)28-18-6-17-27(25(28)29)20(2)21-7-4-3-5-8-21/h3-5,7-16,20,26H,6,17-18H2,1-2H3/t20-/m1/s1. The molecule has 1 heterocycles. The van der Waals surface area contributed by atoms with Gasteiger partial charge in [-0.15, -0.1) is 0 Å². The van der Waals surface area contributed by atoms with Gasteiger partial charge in [0.1, 0.15) is 0 Å². The van der Waals surface area contributed by atoms with E-state index in [9.17, 15) is 13.2 Å². The predicted molar refractivity (Wildman–Crippen MR) is 127 cm³/mol. The summed E-state index contributed by atoms with van der Waals surface area (Å²) in [7, 11) is -3.67. The Kier molecular flexibility index (Phi) is 6.19. The van der Waals surface area contributed by atoms with Crippen LogP contribution >= 0.6 is 0 Å². The van der Waals surface area contributed by atoms with E-state index >= 15 is 0 Å². The molecule has 1 fully saturated rings. The van der Waals surface area contributed by atoms with Crippen LogP contribution in [0.15, 0.2) is 83.8 Å². The first-order valence-corrected chi connectivity index (χ1v) is 12.2. The Morgan fingerprint density at radius 1 is 0.875 bits per heavy atom. The molecule has 0 aromatic heterocycles. The first kappa shape index (κ1) is 21.9. The number of nitrogens with zero attached hydrogens (tertiary/aromatic N) is 2. The molecule has 3 aromatic carbocycles. The summed E-state index contributed by atoms with van der Waals surface area (Å²) >= 11 is 0. The van der Waals surface area contributed by atoms with Crippen molar-refractivity contribution in [3.63, 3.8) is 0 Å². The Balaban J connectivity index is 1.48. The number of hydrogen-bond donors (Lipinski definition) is 1. The number of urea groups is 1. The third kappa shape index (κ3) is 4.62. The number of nitrogens with one attached hydrogen (secondary N) is 1. The summed E-state index contributed by atoms with van der Waals surface area (Å²) < 4.78 is 27.8. The van der Waals surface area contributed by atoms with Gasteiger partial charge in [0, 0.05) is 24.5 Å². The number of benzene rings is 3. The molecule has 0 aliphatic carbocycles. The fourth-order valence-electron chi connectivity index (χ4n) is 3.90. The van der Waals surface area contributed by atoms with Gasteiger partial charge in [0.05, 0.1) is 10.9 Å². The summed E-state index contributed by atoms with van der Waals surface area (Å²) in [5.74, 6) is 0. The number of amides is 2. The lowest BCUT2D eigenvalue weighted by Gasteiger charge is -2.39. The van der Waals surface area contributed by atoms with E-state index in [1.165, 1.54) is 0 Å². The van der Waals surface area contributed by atoms with Crippen molar-refractivity contribution in [2.75, 3.05) is 22.7 Å². The van der Waals surface area contributed by atoms with Crippen LogP contribution in [0.4, 0.5) is 16.2 Å². The number of carbonyl (C=O) groups is 1. The van der Waals surface area contributed by atoms with Crippen molar-refractivity contribution in [2.24, 2.45) is 0 Å². The first-order valence-electron chi connectivity index (χ1n) is 10.7. The molecular weight excluding hydrogens is 422 g/mol. The number of sulfonamides is 1. The Labute approximate surface area is 189 Å². The minimum Gasteiger partial charge on any atom is -0.318 e. The number of rotatable bonds is 6. The summed E-state index contributed by atoms with van der Waals surface area (Å²) in [5.41, 5.74) is 3.30. The maximum absolute atomic E-state index is 13.2. The lowest BCUT2D eigenvalue weighted by molar-refractivity contribution is 0.175. The Bertz CT molecular complexity index is 1180. The van der Waals surface area contributed by atoms with Gasteiger partial charge in [-0.3, -0.25) is 9.62 Å². The molecule has 1 saturated heterocycles. The van der Waals surface area contributed by atoms with Gasteiger partial charge in [-0.1, -0.05) is 48.0 Å². The normalized spacial score (nSPS) is 15.5. The van der Waals surface area contributed by atoms with Gasteiger partial charge >= 0.3 is 6.03 Å². The number of carbonyl (C=O) groups excluding carboxylic acids is 1. The highest BCUT2D eigenvalue weighted by molar-refractivity contribution is 7.92. The Hall–Kier alpha value is -3.32. The molecule has 0 radical (unpaired) electrons. The average Bonchev–Trinajstić information content (AvgIpc) is 2.80. The van der Waals surface area contributed by atoms with Crippen LogP contribution in [0.5, 0.6) is 0 Å². The third-order valence-electron chi connectivity index (χ3n) is 5.77. The molecule has 7 heteroatoms. The number of aryl methyl sites for hydroxylation is 1. The molecule has 32 heavy (non-hydrogen) atoms. The molecule has 3 aromatic rings. The van der Waals surface area contributed by atoms with Crippen molar-refractivity contribution in [2.45, 2.75) is 31.2 Å². The van der Waals surface area contributed by atoms with Crippen LogP contribution in [0.1, 0.15) is 30.5 Å². The van der Waals surface area contributed by atoms with Crippen LogP contribution in [0.3, 0.4) is 0 Å². The van der Waals surface area contributed by atoms with Crippen LogP contribution in [0.2, 0.25) is 0 Å². The van der Waals surface area contributed by atoms with E-state index in [2.05, 4.69) is 4.72 Å². The minimum atomic E-state index is -3.67. The molecule has 1 atom stereocenters. The SMILES string of the molecule is Cc1ccc(S(=O)(=O)Nc2ccc(N3CCCN([C@H](C)c4ccccc4)C3=O)cc2)cc1. The molecule has 4 rings (SSSR count). The van der Waals surface area contributed by atoms with Gasteiger partial charge in [0.25, 0.3) is 10.0 Å². The lowest BCUT2D eigenvalue weighted by atomic mass is 10.1. The minimum absolute atomic E-state index is 0.0212. The topological polar surface area (TPSA) is 69.7 Å². The largest absolute Gasteiger partial charge is 0.324 e. The van der Waals surface area contributed by atoms with E-state index in [-0.39, 0.29) is 17.0 Å². The zero-order chi connectivity index (χ0) is 22.7. The molecule has 2 amide bonds. The molecule has 1 aliphatic rings. The van der Waals surface area contributed by atoms with Crippen molar-refractivity contribution >= 4 is 27.4 Å². The fourth-order valence-corrected chi connectivity index (χ4v) is 4.96. The molecule has 0 spiro atoms. The van der Waals surface area contributed by atoms with E-state index in [0.29, 0.717) is 18.8 Å². The van der Waals surface area contributed by atoms with Crippen molar-refractivity contribution < 1.29 is 13.2 Å². The van der Waals surface area contributed by atoms with E-state index in [4.69, 9.17) is 0 Å². The van der Waals surface area contributed by atoms with Crippen LogP contribution in [-0.2, 0) is 10.0 Å². The zero-order valence-electron chi connectivity index (χ0n) is 18.2. The van der Waals surface area contributed by atoms with Crippen LogP contribution in [0.25, 0.3) is 0 Å². The highest BCUT2D eigenvalue weighted by Crippen LogP contribution is 2.28. The maximum atomic E-state index is 13.2. The van der Waals surface area contributed by atoms with E-state index < -0.39 is 10.0 Å². The monoisotopic (exact) mass is 449 g/mol. The first-order chi connectivity index (χ1) is 15.3. The number of hydrogen-bond acceptors (Lipinski definition) is 3. The summed E-state index contributed by atoms with van der Waals surface area (Å²) in [5, 5.41) is 0. The molecule has 0 bridgehead atoms. The summed E-state index contributed by atoms with van der Waals surface area (Å²) in [6, 6.07) is 23.6. The van der Waals surface area contributed by atoms with Crippen molar-refractivity contribution in [1.29, 1.82) is 0 Å². The molecule has 6 nitrogen and oxygen atoms in total. The highest BCUT2D eigenvalue weighted by atomic mass is 32.2. The molecule has 0 unspecified atom stereocenters. The van der Waals surface area contributed by atoms with Gasteiger partial charge in [-0.2, -0.15) is 0 Å². The van der Waals surface area contributed by atoms with Gasteiger partial charge in [-0.05, 0) is 62.2 Å². The number of anilines is 2. The van der Waals surface area contributed by atoms with Crippen molar-refractivity contribution in [3.05, 3.63) is 90.0 Å². The Morgan fingerprint density at radius 2 is 1.53 bits per heavy atom. The van der Waals surface area contributed by atoms with Gasteiger partial charge in [0.15, 0.2) is 0 Å². The third-order valence-corrected chi connectivity index (χ3v) is 7.17. The fraction of sp³-hybridized carbons (Fsp3) is 0.240. The second kappa shape index (κ2) is 9.04. The lowest BCUT2D eigenvalue weighted by Crippen LogP contribution is -2.50. The second-order valence-electron chi connectivity index (χ2n) is 8.03. The zero-order valence-corrected chi connectivity index (χ0v) is 19.0. The van der Waals surface area contributed by atoms with Gasteiger partial charge < -0.3 is 4.90 Å². The maximum Gasteiger partial charge on any atom is 0.324 e. The van der Waals surface area contributed by atoms with E-state index in [1.54, 1.807) is 53.4 Å². The van der Waals surface area contributed by atoms with Crippen LogP contribution in [-0.4, -0.2) is 32.4 Å². The summed E-state index contributed by atoms with van der Waals surface area (Å²) in [6.07, 6.45) is 0.866. The molecule has 1 aliphatic heterocycles. The average molecular weight is 450 g/mol. The van der Waals surface area contributed by atoms with Crippen LogP contribution in [0, 0.1) is 6.92 Å². The van der Waals surface area contributed by atoms with E-state index in [0.717, 1.165) is 23.2 Å². The van der Waals surface area contributed by atoms with E-state index in [1.807, 2.05) is 49.1 Å². The quantitative estimate of drug-likeness (QED) is 0.563. The van der Waals surface area contributed by atoms with Gasteiger partial charge in [-0.25, -0.2) is 13.2 Å². The highest BCUT2D eigenvalue weighted by Gasteiger charge is 2.30. The van der Waals surface area contributed by atoms with Crippen molar-refractivity contribution in [1.82, 2.24) is 4.90 Å². The second-order valence-corrected chi connectivity index (χ2v) is 9.72. The molecule has 0 saturated carbocycles. The Morgan fingerprint density at radius 3 is 2.19 bits per heavy atom. The van der Waals surface area contributed by atoms with Gasteiger partial charge in [0.2, 0.25) is 0 Å². The molecule has 166 valence electrons. The summed E-state index contributed by atoms with van der Waals surface area (Å²) in [4.78, 5) is 17.1.